The van der Waals surface area contributed by atoms with E-state index < -0.39 is 0 Å². The first-order chi connectivity index (χ1) is 8.61. The SMILES string of the molecule is CCC1CCN(CC2(C)CCCO2)CC(C)CN1. The molecule has 1 N–H and O–H groups in total. The van der Waals surface area contributed by atoms with Gasteiger partial charge in [-0.1, -0.05) is 13.8 Å². The van der Waals surface area contributed by atoms with Gasteiger partial charge in [-0.3, -0.25) is 0 Å². The highest BCUT2D eigenvalue weighted by Crippen LogP contribution is 2.26. The van der Waals surface area contributed by atoms with Gasteiger partial charge in [-0.25, -0.2) is 0 Å². The van der Waals surface area contributed by atoms with Gasteiger partial charge in [0.2, 0.25) is 0 Å². The Morgan fingerprint density at radius 2 is 2.28 bits per heavy atom. The molecular formula is C15H30N2O. The fourth-order valence-electron chi connectivity index (χ4n) is 3.33. The molecule has 0 aromatic heterocycles. The molecule has 3 heteroatoms. The van der Waals surface area contributed by atoms with E-state index in [9.17, 15) is 0 Å². The highest BCUT2D eigenvalue weighted by atomic mass is 16.5. The van der Waals surface area contributed by atoms with Crippen molar-refractivity contribution in [2.75, 3.05) is 32.8 Å². The van der Waals surface area contributed by atoms with Crippen LogP contribution in [0.1, 0.15) is 46.5 Å². The van der Waals surface area contributed by atoms with Crippen molar-refractivity contribution in [3.63, 3.8) is 0 Å². The van der Waals surface area contributed by atoms with Crippen LogP contribution in [0.25, 0.3) is 0 Å². The Hall–Kier alpha value is -0.120. The molecule has 18 heavy (non-hydrogen) atoms. The molecule has 2 heterocycles. The van der Waals surface area contributed by atoms with Gasteiger partial charge in [0.1, 0.15) is 0 Å². The lowest BCUT2D eigenvalue weighted by atomic mass is 9.99. The average Bonchev–Trinajstić information content (AvgIpc) is 2.73. The molecule has 2 fully saturated rings. The van der Waals surface area contributed by atoms with Crippen LogP contribution >= 0.6 is 0 Å². The summed E-state index contributed by atoms with van der Waals surface area (Å²) in [5.41, 5.74) is 0.119. The van der Waals surface area contributed by atoms with Gasteiger partial charge in [0, 0.05) is 25.7 Å². The third kappa shape index (κ3) is 3.94. The summed E-state index contributed by atoms with van der Waals surface area (Å²) in [6.45, 7) is 12.6. The molecule has 2 saturated heterocycles. The maximum absolute atomic E-state index is 5.95. The minimum absolute atomic E-state index is 0.119. The van der Waals surface area contributed by atoms with E-state index in [0.29, 0.717) is 6.04 Å². The number of rotatable bonds is 3. The van der Waals surface area contributed by atoms with Crippen LogP contribution < -0.4 is 5.32 Å². The third-order valence-corrected chi connectivity index (χ3v) is 4.47. The van der Waals surface area contributed by atoms with Gasteiger partial charge < -0.3 is 15.0 Å². The van der Waals surface area contributed by atoms with E-state index in [-0.39, 0.29) is 5.60 Å². The number of hydrogen-bond acceptors (Lipinski definition) is 3. The second-order valence-corrected chi connectivity index (χ2v) is 6.54. The van der Waals surface area contributed by atoms with Crippen molar-refractivity contribution >= 4 is 0 Å². The molecule has 0 bridgehead atoms. The molecule has 106 valence electrons. The van der Waals surface area contributed by atoms with Crippen LogP contribution in [0.2, 0.25) is 0 Å². The molecule has 2 rings (SSSR count). The molecule has 3 nitrogen and oxygen atoms in total. The highest BCUT2D eigenvalue weighted by molar-refractivity contribution is 4.86. The Morgan fingerprint density at radius 1 is 1.44 bits per heavy atom. The zero-order valence-corrected chi connectivity index (χ0v) is 12.4. The van der Waals surface area contributed by atoms with E-state index in [0.717, 1.165) is 25.6 Å². The summed E-state index contributed by atoms with van der Waals surface area (Å²) < 4.78 is 5.95. The normalized spacial score (nSPS) is 39.5. The summed E-state index contributed by atoms with van der Waals surface area (Å²) in [5, 5.41) is 3.69. The molecule has 3 atom stereocenters. The fraction of sp³-hybridized carbons (Fsp3) is 1.00. The molecule has 0 aliphatic carbocycles. The van der Waals surface area contributed by atoms with Crippen molar-refractivity contribution in [3.05, 3.63) is 0 Å². The van der Waals surface area contributed by atoms with E-state index in [4.69, 9.17) is 4.74 Å². The molecule has 2 aliphatic heterocycles. The lowest BCUT2D eigenvalue weighted by Crippen LogP contribution is -2.48. The van der Waals surface area contributed by atoms with Crippen LogP contribution in [-0.4, -0.2) is 49.3 Å². The molecule has 2 aliphatic rings. The molecule has 0 radical (unpaired) electrons. The second-order valence-electron chi connectivity index (χ2n) is 6.54. The molecule has 0 aromatic rings. The minimum Gasteiger partial charge on any atom is -0.374 e. The van der Waals surface area contributed by atoms with Gasteiger partial charge >= 0.3 is 0 Å². The Morgan fingerprint density at radius 3 is 2.94 bits per heavy atom. The van der Waals surface area contributed by atoms with Gasteiger partial charge in [0.05, 0.1) is 5.60 Å². The van der Waals surface area contributed by atoms with Crippen LogP contribution in [0, 0.1) is 5.92 Å². The first-order valence-corrected chi connectivity index (χ1v) is 7.71. The van der Waals surface area contributed by atoms with Crippen LogP contribution in [0.5, 0.6) is 0 Å². The molecule has 0 saturated carbocycles. The van der Waals surface area contributed by atoms with Crippen LogP contribution in [0.3, 0.4) is 0 Å². The van der Waals surface area contributed by atoms with Gasteiger partial charge in [0.25, 0.3) is 0 Å². The Balaban J connectivity index is 1.89. The third-order valence-electron chi connectivity index (χ3n) is 4.47. The smallest absolute Gasteiger partial charge is 0.0781 e. The van der Waals surface area contributed by atoms with E-state index in [1.54, 1.807) is 0 Å². The van der Waals surface area contributed by atoms with Crippen molar-refractivity contribution in [1.82, 2.24) is 10.2 Å². The maximum Gasteiger partial charge on any atom is 0.0781 e. The summed E-state index contributed by atoms with van der Waals surface area (Å²) in [7, 11) is 0. The quantitative estimate of drug-likeness (QED) is 0.836. The molecule has 0 amide bonds. The van der Waals surface area contributed by atoms with E-state index >= 15 is 0 Å². The number of nitrogens with one attached hydrogen (secondary N) is 1. The van der Waals surface area contributed by atoms with E-state index in [2.05, 4.69) is 31.0 Å². The second kappa shape index (κ2) is 6.36. The summed E-state index contributed by atoms with van der Waals surface area (Å²) >= 11 is 0. The minimum atomic E-state index is 0.119. The lowest BCUT2D eigenvalue weighted by Gasteiger charge is -2.36. The van der Waals surface area contributed by atoms with Crippen LogP contribution in [0.4, 0.5) is 0 Å². The monoisotopic (exact) mass is 254 g/mol. The zero-order valence-electron chi connectivity index (χ0n) is 12.4. The first-order valence-electron chi connectivity index (χ1n) is 7.71. The Labute approximate surface area is 112 Å². The lowest BCUT2D eigenvalue weighted by molar-refractivity contribution is -0.0137. The molecule has 0 aromatic carbocycles. The van der Waals surface area contributed by atoms with Gasteiger partial charge in [-0.05, 0) is 51.6 Å². The highest BCUT2D eigenvalue weighted by Gasteiger charge is 2.32. The first kappa shape index (κ1) is 14.3. The van der Waals surface area contributed by atoms with E-state index in [1.807, 2.05) is 0 Å². The predicted molar refractivity (Wildman–Crippen MR) is 75.9 cm³/mol. The summed E-state index contributed by atoms with van der Waals surface area (Å²) in [4.78, 5) is 2.64. The number of hydrogen-bond donors (Lipinski definition) is 1. The Bertz CT molecular complexity index is 251. The van der Waals surface area contributed by atoms with Crippen LogP contribution in [-0.2, 0) is 4.74 Å². The maximum atomic E-state index is 5.95. The summed E-state index contributed by atoms with van der Waals surface area (Å²) in [6.07, 6.45) is 4.99. The number of nitrogens with zero attached hydrogens (tertiary/aromatic N) is 1. The van der Waals surface area contributed by atoms with Gasteiger partial charge in [-0.2, -0.15) is 0 Å². The van der Waals surface area contributed by atoms with Gasteiger partial charge in [0.15, 0.2) is 0 Å². The topological polar surface area (TPSA) is 24.5 Å². The van der Waals surface area contributed by atoms with Crippen molar-refractivity contribution in [3.8, 4) is 0 Å². The fourth-order valence-corrected chi connectivity index (χ4v) is 3.33. The molecule has 0 spiro atoms. The van der Waals surface area contributed by atoms with Gasteiger partial charge in [-0.15, -0.1) is 0 Å². The number of ether oxygens (including phenoxy) is 1. The molecule has 3 unspecified atom stereocenters. The summed E-state index contributed by atoms with van der Waals surface area (Å²) in [6, 6.07) is 0.701. The molecular weight excluding hydrogens is 224 g/mol. The zero-order chi connectivity index (χ0) is 13.0. The average molecular weight is 254 g/mol. The van der Waals surface area contributed by atoms with Crippen molar-refractivity contribution in [2.45, 2.75) is 58.1 Å². The van der Waals surface area contributed by atoms with E-state index in [1.165, 1.54) is 38.8 Å². The van der Waals surface area contributed by atoms with Crippen molar-refractivity contribution in [2.24, 2.45) is 5.92 Å². The predicted octanol–water partition coefficient (Wildman–Crippen LogP) is 2.27. The van der Waals surface area contributed by atoms with Crippen LogP contribution in [0.15, 0.2) is 0 Å². The Kier molecular flexibility index (Phi) is 5.05. The standard InChI is InChI=1S/C15H30N2O/c1-4-14-6-8-17(11-13(2)10-16-14)12-15(3)7-5-9-18-15/h13-14,16H,4-12H2,1-3H3. The summed E-state index contributed by atoms with van der Waals surface area (Å²) in [5.74, 6) is 0.740. The van der Waals surface area contributed by atoms with Crippen molar-refractivity contribution < 1.29 is 4.74 Å². The largest absolute Gasteiger partial charge is 0.374 e. The van der Waals surface area contributed by atoms with Crippen molar-refractivity contribution in [1.29, 1.82) is 0 Å².